The summed E-state index contributed by atoms with van der Waals surface area (Å²) >= 11 is 0. The minimum Gasteiger partial charge on any atom is -0.349 e. The lowest BCUT2D eigenvalue weighted by atomic mass is 9.85. The summed E-state index contributed by atoms with van der Waals surface area (Å²) in [6.45, 7) is 0. The normalized spacial score (nSPS) is 30.0. The van der Waals surface area contributed by atoms with E-state index in [1.165, 1.54) is 21.9 Å². The van der Waals surface area contributed by atoms with E-state index in [1.807, 2.05) is 12.2 Å². The Labute approximate surface area is 151 Å². The molecule has 3 aliphatic rings. The monoisotopic (exact) mass is 356 g/mol. The second-order valence-corrected chi connectivity index (χ2v) is 7.61. The highest BCUT2D eigenvalue weighted by atomic mass is 19.1. The number of fused-ring (bicyclic) bond motifs is 5. The first-order valence-corrected chi connectivity index (χ1v) is 8.89. The topological polar surface area (TPSA) is 57.7 Å². The van der Waals surface area contributed by atoms with Crippen LogP contribution in [-0.4, -0.2) is 41.6 Å². The molecule has 0 radical (unpaired) electrons. The van der Waals surface area contributed by atoms with Gasteiger partial charge in [0.2, 0.25) is 17.7 Å². The van der Waals surface area contributed by atoms with Gasteiger partial charge in [-0.3, -0.25) is 19.3 Å². The molecule has 2 aliphatic carbocycles. The largest absolute Gasteiger partial charge is 0.349 e. The van der Waals surface area contributed by atoms with Crippen LogP contribution in [-0.2, 0) is 14.4 Å². The van der Waals surface area contributed by atoms with Crippen LogP contribution in [0.25, 0.3) is 0 Å². The smallest absolute Gasteiger partial charge is 0.234 e. The summed E-state index contributed by atoms with van der Waals surface area (Å²) in [6.07, 6.45) is 4.94. The van der Waals surface area contributed by atoms with Gasteiger partial charge < -0.3 is 4.90 Å². The van der Waals surface area contributed by atoms with Crippen LogP contribution in [0.3, 0.4) is 0 Å². The van der Waals surface area contributed by atoms with Crippen LogP contribution < -0.4 is 0 Å². The number of nitrogens with zero attached hydrogens (tertiary/aromatic N) is 2. The van der Waals surface area contributed by atoms with Crippen molar-refractivity contribution >= 4 is 17.7 Å². The number of hydrogen-bond donors (Lipinski definition) is 0. The summed E-state index contributed by atoms with van der Waals surface area (Å²) in [4.78, 5) is 41.2. The highest BCUT2D eigenvalue weighted by Crippen LogP contribution is 2.54. The van der Waals surface area contributed by atoms with Gasteiger partial charge in [-0.25, -0.2) is 4.39 Å². The van der Waals surface area contributed by atoms with Gasteiger partial charge in [0, 0.05) is 14.1 Å². The number of benzene rings is 1. The molecule has 0 aromatic heterocycles. The van der Waals surface area contributed by atoms with Crippen LogP contribution in [0, 0.1) is 29.5 Å². The van der Waals surface area contributed by atoms with Crippen molar-refractivity contribution in [1.82, 2.24) is 9.80 Å². The number of amides is 3. The zero-order valence-electron chi connectivity index (χ0n) is 14.8. The lowest BCUT2D eigenvalue weighted by Gasteiger charge is -2.29. The Bertz CT molecular complexity index is 772. The molecule has 4 rings (SSSR count). The molecule has 136 valence electrons. The fourth-order valence-electron chi connectivity index (χ4n) is 4.62. The number of allylic oxidation sites excluding steroid dienone is 2. The molecule has 1 aromatic rings. The molecule has 2 fully saturated rings. The van der Waals surface area contributed by atoms with Crippen LogP contribution >= 0.6 is 0 Å². The predicted molar refractivity (Wildman–Crippen MR) is 92.0 cm³/mol. The van der Waals surface area contributed by atoms with Gasteiger partial charge in [0.25, 0.3) is 0 Å². The van der Waals surface area contributed by atoms with Crippen molar-refractivity contribution in [1.29, 1.82) is 0 Å². The van der Waals surface area contributed by atoms with E-state index < -0.39 is 11.9 Å². The Morgan fingerprint density at radius 3 is 2.15 bits per heavy atom. The number of carbonyl (C=O) groups is 3. The van der Waals surface area contributed by atoms with E-state index in [2.05, 4.69) is 0 Å². The lowest BCUT2D eigenvalue weighted by Crippen LogP contribution is -2.39. The SMILES string of the molecule is CN(C)C(=O)CC(c1ccc(F)cc1)N1C(=O)C2C3C=CC(C3)C2C1=O. The van der Waals surface area contributed by atoms with E-state index in [0.717, 1.165) is 6.42 Å². The molecule has 1 saturated heterocycles. The summed E-state index contributed by atoms with van der Waals surface area (Å²) in [6, 6.07) is 4.98. The van der Waals surface area contributed by atoms with Gasteiger partial charge in [0.15, 0.2) is 0 Å². The van der Waals surface area contributed by atoms with E-state index in [4.69, 9.17) is 0 Å². The molecule has 1 saturated carbocycles. The molecule has 6 heteroatoms. The van der Waals surface area contributed by atoms with Crippen molar-refractivity contribution in [3.05, 3.63) is 47.8 Å². The van der Waals surface area contributed by atoms with E-state index in [-0.39, 0.29) is 47.8 Å². The average molecular weight is 356 g/mol. The quantitative estimate of drug-likeness (QED) is 0.614. The third-order valence-electron chi connectivity index (χ3n) is 5.94. The van der Waals surface area contributed by atoms with Crippen LogP contribution in [0.1, 0.15) is 24.4 Å². The number of carbonyl (C=O) groups excluding carboxylic acids is 3. The molecular formula is C20H21FN2O3. The highest BCUT2D eigenvalue weighted by Gasteiger charge is 2.60. The van der Waals surface area contributed by atoms with Gasteiger partial charge in [-0.05, 0) is 36.0 Å². The summed E-state index contributed by atoms with van der Waals surface area (Å²) in [7, 11) is 3.27. The molecule has 5 atom stereocenters. The minimum atomic E-state index is -0.699. The first-order valence-electron chi connectivity index (χ1n) is 8.89. The van der Waals surface area contributed by atoms with Gasteiger partial charge in [-0.15, -0.1) is 0 Å². The number of imide groups is 1. The van der Waals surface area contributed by atoms with Crippen molar-refractivity contribution in [2.24, 2.45) is 23.7 Å². The van der Waals surface area contributed by atoms with Crippen molar-refractivity contribution in [2.75, 3.05) is 14.1 Å². The summed E-state index contributed by atoms with van der Waals surface area (Å²) in [5.74, 6) is -1.36. The zero-order chi connectivity index (χ0) is 18.6. The average Bonchev–Trinajstić information content (AvgIpc) is 3.28. The van der Waals surface area contributed by atoms with Crippen LogP contribution in [0.5, 0.6) is 0 Å². The van der Waals surface area contributed by atoms with E-state index in [1.54, 1.807) is 26.2 Å². The lowest BCUT2D eigenvalue weighted by molar-refractivity contribution is -0.145. The molecule has 1 heterocycles. The van der Waals surface area contributed by atoms with Crippen molar-refractivity contribution in [2.45, 2.75) is 18.9 Å². The standard InChI is InChI=1S/C20H21FN2O3/c1-22(2)16(24)10-15(11-5-7-14(21)8-6-11)23-19(25)17-12-3-4-13(9-12)18(17)20(23)26/h3-8,12-13,15,17-18H,9-10H2,1-2H3. The second kappa shape index (κ2) is 6.04. The van der Waals surface area contributed by atoms with Crippen LogP contribution in [0.2, 0.25) is 0 Å². The molecule has 26 heavy (non-hydrogen) atoms. The van der Waals surface area contributed by atoms with Gasteiger partial charge >= 0.3 is 0 Å². The molecule has 0 N–H and O–H groups in total. The Kier molecular flexibility index (Phi) is 3.93. The van der Waals surface area contributed by atoms with Gasteiger partial charge in [0.1, 0.15) is 5.82 Å². The van der Waals surface area contributed by atoms with E-state index >= 15 is 0 Å². The number of hydrogen-bond acceptors (Lipinski definition) is 3. The third-order valence-corrected chi connectivity index (χ3v) is 5.94. The summed E-state index contributed by atoms with van der Waals surface area (Å²) in [5, 5.41) is 0. The summed E-state index contributed by atoms with van der Waals surface area (Å²) in [5.41, 5.74) is 0.601. The van der Waals surface area contributed by atoms with Crippen LogP contribution in [0.15, 0.2) is 36.4 Å². The Morgan fingerprint density at radius 1 is 1.12 bits per heavy atom. The van der Waals surface area contributed by atoms with Gasteiger partial charge in [-0.1, -0.05) is 24.3 Å². The van der Waals surface area contributed by atoms with Crippen molar-refractivity contribution in [3.63, 3.8) is 0 Å². The first-order chi connectivity index (χ1) is 12.4. The van der Waals surface area contributed by atoms with E-state index in [0.29, 0.717) is 5.56 Å². The highest BCUT2D eigenvalue weighted by molar-refractivity contribution is 6.07. The second-order valence-electron chi connectivity index (χ2n) is 7.61. The Morgan fingerprint density at radius 2 is 1.65 bits per heavy atom. The fourth-order valence-corrected chi connectivity index (χ4v) is 4.62. The minimum absolute atomic E-state index is 0.00167. The number of rotatable bonds is 4. The summed E-state index contributed by atoms with van der Waals surface area (Å²) < 4.78 is 13.3. The molecular weight excluding hydrogens is 335 g/mol. The zero-order valence-corrected chi connectivity index (χ0v) is 14.8. The maximum Gasteiger partial charge on any atom is 0.234 e. The Balaban J connectivity index is 1.70. The third kappa shape index (κ3) is 2.47. The van der Waals surface area contributed by atoms with Crippen molar-refractivity contribution in [3.8, 4) is 0 Å². The predicted octanol–water partition coefficient (Wildman–Crippen LogP) is 2.15. The van der Waals surface area contributed by atoms with Gasteiger partial charge in [0.05, 0.1) is 24.3 Å². The molecule has 0 spiro atoms. The van der Waals surface area contributed by atoms with Crippen molar-refractivity contribution < 1.29 is 18.8 Å². The molecule has 2 bridgehead atoms. The Hall–Kier alpha value is -2.50. The number of likely N-dealkylation sites (tertiary alicyclic amines) is 1. The first kappa shape index (κ1) is 16.9. The maximum absolute atomic E-state index is 13.3. The van der Waals surface area contributed by atoms with Gasteiger partial charge in [-0.2, -0.15) is 0 Å². The molecule has 3 amide bonds. The molecule has 5 unspecified atom stereocenters. The maximum atomic E-state index is 13.3. The van der Waals surface area contributed by atoms with E-state index in [9.17, 15) is 18.8 Å². The fraction of sp³-hybridized carbons (Fsp3) is 0.450. The van der Waals surface area contributed by atoms with Crippen LogP contribution in [0.4, 0.5) is 4.39 Å². The number of halogens is 1. The molecule has 1 aliphatic heterocycles. The molecule has 1 aromatic carbocycles. The molecule has 5 nitrogen and oxygen atoms in total.